The predicted octanol–water partition coefficient (Wildman–Crippen LogP) is 0.984. The van der Waals surface area contributed by atoms with E-state index in [1.807, 2.05) is 7.05 Å². The summed E-state index contributed by atoms with van der Waals surface area (Å²) in [5.74, 6) is 0.123. The van der Waals surface area contributed by atoms with Crippen molar-refractivity contribution in [2.24, 2.45) is 0 Å². The third-order valence-corrected chi connectivity index (χ3v) is 3.67. The van der Waals surface area contributed by atoms with Crippen molar-refractivity contribution in [2.75, 3.05) is 13.6 Å². The average molecular weight is 221 g/mol. The van der Waals surface area contributed by atoms with E-state index < -0.39 is 0 Å². The average Bonchev–Trinajstić information content (AvgIpc) is 3.07. The fourth-order valence-corrected chi connectivity index (χ4v) is 2.60. The van der Waals surface area contributed by atoms with Crippen molar-refractivity contribution in [3.8, 4) is 6.07 Å². The fourth-order valence-electron chi connectivity index (χ4n) is 2.60. The van der Waals surface area contributed by atoms with Crippen molar-refractivity contribution in [3.05, 3.63) is 0 Å². The summed E-state index contributed by atoms with van der Waals surface area (Å²) in [4.78, 5) is 16.2. The molecule has 1 aliphatic carbocycles. The molecule has 2 rings (SSSR count). The number of likely N-dealkylation sites (N-methyl/N-ethyl adjacent to an activating group) is 1. The second kappa shape index (κ2) is 4.42. The van der Waals surface area contributed by atoms with Gasteiger partial charge in [0.2, 0.25) is 5.91 Å². The van der Waals surface area contributed by atoms with Crippen LogP contribution >= 0.6 is 0 Å². The third-order valence-electron chi connectivity index (χ3n) is 3.67. The molecule has 2 aliphatic rings. The van der Waals surface area contributed by atoms with Crippen LogP contribution in [-0.4, -0.2) is 47.4 Å². The van der Waals surface area contributed by atoms with Gasteiger partial charge in [0.25, 0.3) is 0 Å². The Morgan fingerprint density at radius 1 is 1.44 bits per heavy atom. The molecular weight excluding hydrogens is 202 g/mol. The van der Waals surface area contributed by atoms with Crippen LogP contribution in [0.15, 0.2) is 0 Å². The lowest BCUT2D eigenvalue weighted by Gasteiger charge is -2.32. The molecule has 1 saturated carbocycles. The summed E-state index contributed by atoms with van der Waals surface area (Å²) in [6, 6.07) is 2.91. The minimum atomic E-state index is -0.208. The van der Waals surface area contributed by atoms with Crippen molar-refractivity contribution in [2.45, 2.75) is 50.7 Å². The van der Waals surface area contributed by atoms with Crippen molar-refractivity contribution in [3.63, 3.8) is 0 Å². The molecule has 1 saturated heterocycles. The molecule has 16 heavy (non-hydrogen) atoms. The highest BCUT2D eigenvalue weighted by Crippen LogP contribution is 2.33. The van der Waals surface area contributed by atoms with Crippen molar-refractivity contribution < 1.29 is 4.79 Å². The first-order chi connectivity index (χ1) is 7.65. The van der Waals surface area contributed by atoms with E-state index in [1.165, 1.54) is 12.8 Å². The smallest absolute Gasteiger partial charge is 0.240 e. The molecular formula is C12H19N3O. The van der Waals surface area contributed by atoms with E-state index in [-0.39, 0.29) is 11.9 Å². The predicted molar refractivity (Wildman–Crippen MR) is 60.6 cm³/mol. The standard InChI is InChI=1S/C12H19N3O/c1-9-6-8-14(2)12(16)11(5-7-13)15(9)10-3-4-10/h9-11H,3-6,8H2,1-2H3. The summed E-state index contributed by atoms with van der Waals surface area (Å²) in [5.41, 5.74) is 0. The number of rotatable bonds is 2. The van der Waals surface area contributed by atoms with Gasteiger partial charge in [0.1, 0.15) is 6.04 Å². The van der Waals surface area contributed by atoms with E-state index in [4.69, 9.17) is 5.26 Å². The Hall–Kier alpha value is -1.08. The van der Waals surface area contributed by atoms with E-state index in [2.05, 4.69) is 17.9 Å². The molecule has 1 amide bonds. The highest BCUT2D eigenvalue weighted by atomic mass is 16.2. The van der Waals surface area contributed by atoms with Crippen LogP contribution in [0.4, 0.5) is 0 Å². The van der Waals surface area contributed by atoms with Crippen LogP contribution in [0.25, 0.3) is 0 Å². The lowest BCUT2D eigenvalue weighted by Crippen LogP contribution is -2.48. The molecule has 2 fully saturated rings. The second-order valence-corrected chi connectivity index (χ2v) is 4.95. The summed E-state index contributed by atoms with van der Waals surface area (Å²) in [5, 5.41) is 8.87. The van der Waals surface area contributed by atoms with Gasteiger partial charge in [-0.05, 0) is 26.2 Å². The van der Waals surface area contributed by atoms with E-state index >= 15 is 0 Å². The molecule has 2 unspecified atom stereocenters. The number of carbonyl (C=O) groups is 1. The summed E-state index contributed by atoms with van der Waals surface area (Å²) >= 11 is 0. The molecule has 0 aromatic heterocycles. The van der Waals surface area contributed by atoms with Crippen molar-refractivity contribution >= 4 is 5.91 Å². The molecule has 2 atom stereocenters. The number of hydrogen-bond acceptors (Lipinski definition) is 3. The van der Waals surface area contributed by atoms with Crippen LogP contribution < -0.4 is 0 Å². The zero-order valence-corrected chi connectivity index (χ0v) is 10.0. The van der Waals surface area contributed by atoms with Crippen LogP contribution in [0.3, 0.4) is 0 Å². The molecule has 0 radical (unpaired) electrons. The largest absolute Gasteiger partial charge is 0.344 e. The maximum Gasteiger partial charge on any atom is 0.240 e. The Morgan fingerprint density at radius 3 is 2.69 bits per heavy atom. The second-order valence-electron chi connectivity index (χ2n) is 4.95. The Kier molecular flexibility index (Phi) is 3.15. The van der Waals surface area contributed by atoms with Crippen LogP contribution in [0.2, 0.25) is 0 Å². The Labute approximate surface area is 96.8 Å². The summed E-state index contributed by atoms with van der Waals surface area (Å²) < 4.78 is 0. The minimum Gasteiger partial charge on any atom is -0.344 e. The molecule has 1 aliphatic heterocycles. The lowest BCUT2D eigenvalue weighted by molar-refractivity contribution is -0.134. The van der Waals surface area contributed by atoms with Gasteiger partial charge in [0.05, 0.1) is 12.5 Å². The molecule has 0 aromatic carbocycles. The first-order valence-electron chi connectivity index (χ1n) is 6.04. The molecule has 4 nitrogen and oxygen atoms in total. The van der Waals surface area contributed by atoms with Crippen LogP contribution in [-0.2, 0) is 4.79 Å². The summed E-state index contributed by atoms with van der Waals surface area (Å²) in [6.07, 6.45) is 3.71. The maximum atomic E-state index is 12.2. The third kappa shape index (κ3) is 2.05. The van der Waals surface area contributed by atoms with Crippen LogP contribution in [0.5, 0.6) is 0 Å². The topological polar surface area (TPSA) is 47.3 Å². The van der Waals surface area contributed by atoms with Crippen LogP contribution in [0, 0.1) is 11.3 Å². The zero-order chi connectivity index (χ0) is 11.7. The number of nitriles is 1. The fraction of sp³-hybridized carbons (Fsp3) is 0.833. The minimum absolute atomic E-state index is 0.123. The zero-order valence-electron chi connectivity index (χ0n) is 10.0. The van der Waals surface area contributed by atoms with E-state index in [0.717, 1.165) is 13.0 Å². The van der Waals surface area contributed by atoms with Gasteiger partial charge < -0.3 is 4.90 Å². The van der Waals surface area contributed by atoms with Gasteiger partial charge in [-0.15, -0.1) is 0 Å². The van der Waals surface area contributed by atoms with Crippen LogP contribution in [0.1, 0.15) is 32.6 Å². The normalized spacial score (nSPS) is 32.3. The van der Waals surface area contributed by atoms with Crippen molar-refractivity contribution in [1.29, 1.82) is 5.26 Å². The first-order valence-corrected chi connectivity index (χ1v) is 6.04. The maximum absolute atomic E-state index is 12.2. The van der Waals surface area contributed by atoms with Gasteiger partial charge in [-0.3, -0.25) is 9.69 Å². The van der Waals surface area contributed by atoms with E-state index in [1.54, 1.807) is 4.90 Å². The van der Waals surface area contributed by atoms with Gasteiger partial charge >= 0.3 is 0 Å². The molecule has 0 N–H and O–H groups in total. The van der Waals surface area contributed by atoms with Gasteiger partial charge in [0.15, 0.2) is 0 Å². The molecule has 1 heterocycles. The molecule has 4 heteroatoms. The monoisotopic (exact) mass is 221 g/mol. The number of carbonyl (C=O) groups excluding carboxylic acids is 1. The van der Waals surface area contributed by atoms with Gasteiger partial charge in [0, 0.05) is 25.7 Å². The number of hydrogen-bond donors (Lipinski definition) is 0. The van der Waals surface area contributed by atoms with Gasteiger partial charge in [-0.2, -0.15) is 5.26 Å². The highest BCUT2D eigenvalue weighted by Gasteiger charge is 2.42. The summed E-state index contributed by atoms with van der Waals surface area (Å²) in [6.45, 7) is 2.99. The Bertz CT molecular complexity index is 319. The van der Waals surface area contributed by atoms with Gasteiger partial charge in [-0.25, -0.2) is 0 Å². The van der Waals surface area contributed by atoms with E-state index in [9.17, 15) is 4.79 Å². The van der Waals surface area contributed by atoms with Crippen molar-refractivity contribution in [1.82, 2.24) is 9.80 Å². The quantitative estimate of drug-likeness (QED) is 0.698. The lowest BCUT2D eigenvalue weighted by atomic mass is 10.1. The SMILES string of the molecule is CC1CCN(C)C(=O)C(CC#N)N1C1CC1. The Balaban J connectivity index is 2.22. The molecule has 0 spiro atoms. The molecule has 0 bridgehead atoms. The van der Waals surface area contributed by atoms with E-state index in [0.29, 0.717) is 18.5 Å². The number of nitrogens with zero attached hydrogens (tertiary/aromatic N) is 3. The first kappa shape index (κ1) is 11.4. The summed E-state index contributed by atoms with van der Waals surface area (Å²) in [7, 11) is 1.84. The molecule has 0 aromatic rings. The highest BCUT2D eigenvalue weighted by molar-refractivity contribution is 5.82. The molecule has 88 valence electrons. The number of amides is 1. The van der Waals surface area contributed by atoms with Gasteiger partial charge in [-0.1, -0.05) is 0 Å². The Morgan fingerprint density at radius 2 is 2.12 bits per heavy atom.